The molecule has 3 aromatic heterocycles. The summed E-state index contributed by atoms with van der Waals surface area (Å²) in [4.78, 5) is 17.1. The molecule has 0 fully saturated rings. The Morgan fingerprint density at radius 3 is 2.86 bits per heavy atom. The van der Waals surface area contributed by atoms with Gasteiger partial charge in [0.2, 0.25) is 0 Å². The number of aromatic nitrogens is 5. The number of carbonyl (C=O) groups excluding carboxylic acids is 1. The van der Waals surface area contributed by atoms with Crippen LogP contribution in [0, 0.1) is 0 Å². The molecule has 0 atom stereocenters. The summed E-state index contributed by atoms with van der Waals surface area (Å²) < 4.78 is 38.3. The Bertz CT molecular complexity index is 1530. The Kier molecular flexibility index (Phi) is 6.24. The van der Waals surface area contributed by atoms with Gasteiger partial charge in [0.1, 0.15) is 28.5 Å². The number of nitrogens with two attached hydrogens (primary N) is 1. The highest BCUT2D eigenvalue weighted by Gasteiger charge is 2.21. The summed E-state index contributed by atoms with van der Waals surface area (Å²) in [6.45, 7) is -2.74. The number of ether oxygens (including phenoxy) is 2. The van der Waals surface area contributed by atoms with Crippen molar-refractivity contribution in [2.24, 2.45) is 5.73 Å². The SMILES string of the molecule is NCc1cccc(Oc2ccc(OC(F)F)c(-c3n[nH]cc3NC(=O)c3cnn4cccnc34)c2)c1. The Labute approximate surface area is 202 Å². The second-order valence-corrected chi connectivity index (χ2v) is 7.54. The Hall–Kier alpha value is -4.84. The number of nitrogens with one attached hydrogen (secondary N) is 2. The van der Waals surface area contributed by atoms with E-state index in [-0.39, 0.29) is 28.3 Å². The number of aromatic amines is 1. The first-order chi connectivity index (χ1) is 17.5. The number of hydrogen-bond acceptors (Lipinski definition) is 7. The number of halogens is 2. The van der Waals surface area contributed by atoms with Crippen LogP contribution in [0.3, 0.4) is 0 Å². The van der Waals surface area contributed by atoms with E-state index in [2.05, 4.69) is 25.6 Å². The van der Waals surface area contributed by atoms with E-state index in [0.29, 0.717) is 23.7 Å². The van der Waals surface area contributed by atoms with Crippen LogP contribution in [0.4, 0.5) is 14.5 Å². The van der Waals surface area contributed by atoms with Crippen LogP contribution in [-0.4, -0.2) is 37.3 Å². The van der Waals surface area contributed by atoms with Crippen LogP contribution in [0.5, 0.6) is 17.2 Å². The summed E-state index contributed by atoms with van der Waals surface area (Å²) in [6, 6.07) is 13.2. The molecule has 0 aliphatic rings. The van der Waals surface area contributed by atoms with E-state index >= 15 is 0 Å². The summed E-state index contributed by atoms with van der Waals surface area (Å²) in [5, 5.41) is 13.6. The average Bonchev–Trinajstić information content (AvgIpc) is 3.52. The fraction of sp³-hybridized carbons (Fsp3) is 0.0833. The van der Waals surface area contributed by atoms with E-state index < -0.39 is 12.5 Å². The van der Waals surface area contributed by atoms with Crippen LogP contribution >= 0.6 is 0 Å². The fourth-order valence-electron chi connectivity index (χ4n) is 3.60. The topological polar surface area (TPSA) is 132 Å². The zero-order valence-electron chi connectivity index (χ0n) is 18.6. The normalized spacial score (nSPS) is 11.1. The molecule has 10 nitrogen and oxygen atoms in total. The van der Waals surface area contributed by atoms with Gasteiger partial charge in [-0.3, -0.25) is 9.89 Å². The zero-order valence-corrected chi connectivity index (χ0v) is 18.6. The monoisotopic (exact) mass is 491 g/mol. The number of anilines is 1. The van der Waals surface area contributed by atoms with E-state index in [4.69, 9.17) is 15.2 Å². The molecule has 0 radical (unpaired) electrons. The van der Waals surface area contributed by atoms with Crippen molar-refractivity contribution in [3.05, 3.63) is 84.4 Å². The molecule has 182 valence electrons. The molecular weight excluding hydrogens is 472 g/mol. The first-order valence-electron chi connectivity index (χ1n) is 10.7. The van der Waals surface area contributed by atoms with Gasteiger partial charge in [0.15, 0.2) is 5.65 Å². The van der Waals surface area contributed by atoms with Crippen molar-refractivity contribution in [2.45, 2.75) is 13.2 Å². The molecular formula is C24H19F2N7O3. The van der Waals surface area contributed by atoms with Crippen LogP contribution in [-0.2, 0) is 6.54 Å². The number of rotatable bonds is 8. The minimum absolute atomic E-state index is 0.145. The molecule has 1 amide bonds. The summed E-state index contributed by atoms with van der Waals surface area (Å²) in [6.07, 6.45) is 6.01. The number of nitrogens with zero attached hydrogens (tertiary/aromatic N) is 4. The largest absolute Gasteiger partial charge is 0.457 e. The minimum atomic E-state index is -3.07. The van der Waals surface area contributed by atoms with Crippen molar-refractivity contribution in [3.8, 4) is 28.5 Å². The van der Waals surface area contributed by atoms with Crippen molar-refractivity contribution < 1.29 is 23.0 Å². The number of carbonyl (C=O) groups is 1. The van der Waals surface area contributed by atoms with Crippen molar-refractivity contribution in [2.75, 3.05) is 5.32 Å². The molecule has 2 aromatic carbocycles. The van der Waals surface area contributed by atoms with Crippen LogP contribution in [0.25, 0.3) is 16.9 Å². The summed E-state index contributed by atoms with van der Waals surface area (Å²) in [5.74, 6) is 0.206. The number of amides is 1. The average molecular weight is 491 g/mol. The van der Waals surface area contributed by atoms with Gasteiger partial charge >= 0.3 is 6.61 Å². The third kappa shape index (κ3) is 4.70. The van der Waals surface area contributed by atoms with Crippen molar-refractivity contribution >= 4 is 17.2 Å². The predicted octanol–water partition coefficient (Wildman–Crippen LogP) is 4.22. The van der Waals surface area contributed by atoms with E-state index in [1.807, 2.05) is 6.07 Å². The highest BCUT2D eigenvalue weighted by Crippen LogP contribution is 2.38. The lowest BCUT2D eigenvalue weighted by Crippen LogP contribution is -2.12. The lowest BCUT2D eigenvalue weighted by atomic mass is 10.1. The lowest BCUT2D eigenvalue weighted by Gasteiger charge is -2.14. The first-order valence-corrected chi connectivity index (χ1v) is 10.7. The molecule has 5 aromatic rings. The van der Waals surface area contributed by atoms with Crippen LogP contribution < -0.4 is 20.5 Å². The maximum absolute atomic E-state index is 13.1. The molecule has 0 aliphatic heterocycles. The minimum Gasteiger partial charge on any atom is -0.457 e. The van der Waals surface area contributed by atoms with Crippen LogP contribution in [0.1, 0.15) is 15.9 Å². The van der Waals surface area contributed by atoms with Gasteiger partial charge in [-0.2, -0.15) is 19.0 Å². The molecule has 0 saturated carbocycles. The molecule has 3 heterocycles. The molecule has 36 heavy (non-hydrogen) atoms. The quantitative estimate of drug-likeness (QED) is 0.296. The zero-order chi connectivity index (χ0) is 25.1. The number of alkyl halides is 2. The van der Waals surface area contributed by atoms with Gasteiger partial charge in [0.25, 0.3) is 5.91 Å². The Morgan fingerprint density at radius 1 is 1.17 bits per heavy atom. The molecule has 0 bridgehead atoms. The Balaban J connectivity index is 1.48. The number of hydrogen-bond donors (Lipinski definition) is 3. The predicted molar refractivity (Wildman–Crippen MR) is 126 cm³/mol. The van der Waals surface area contributed by atoms with E-state index in [1.54, 1.807) is 36.7 Å². The van der Waals surface area contributed by atoms with Gasteiger partial charge in [0.05, 0.1) is 17.4 Å². The molecule has 0 aliphatic carbocycles. The van der Waals surface area contributed by atoms with Crippen molar-refractivity contribution in [3.63, 3.8) is 0 Å². The van der Waals surface area contributed by atoms with Crippen LogP contribution in [0.2, 0.25) is 0 Å². The molecule has 0 saturated heterocycles. The number of H-pyrrole nitrogens is 1. The standard InChI is InChI=1S/C24H19F2N7O3/c25-24(26)36-20-6-5-16(35-15-4-1-3-14(9-15)11-27)10-17(20)21-19(13-29-32-21)31-23(34)18-12-30-33-8-2-7-28-22(18)33/h1-10,12-13,24H,11,27H2,(H,29,32)(H,31,34). The summed E-state index contributed by atoms with van der Waals surface area (Å²) >= 11 is 0. The summed E-state index contributed by atoms with van der Waals surface area (Å²) in [7, 11) is 0. The molecule has 5 rings (SSSR count). The first kappa shape index (κ1) is 22.9. The third-order valence-electron chi connectivity index (χ3n) is 5.20. The van der Waals surface area contributed by atoms with Gasteiger partial charge in [-0.05, 0) is 42.0 Å². The number of benzene rings is 2. The highest BCUT2D eigenvalue weighted by atomic mass is 19.3. The molecule has 12 heteroatoms. The Morgan fingerprint density at radius 2 is 2.03 bits per heavy atom. The van der Waals surface area contributed by atoms with E-state index in [0.717, 1.165) is 5.56 Å². The molecule has 0 unspecified atom stereocenters. The lowest BCUT2D eigenvalue weighted by molar-refractivity contribution is -0.0494. The van der Waals surface area contributed by atoms with Crippen molar-refractivity contribution in [1.82, 2.24) is 24.8 Å². The molecule has 4 N–H and O–H groups in total. The molecule has 0 spiro atoms. The highest BCUT2D eigenvalue weighted by molar-refractivity contribution is 6.09. The van der Waals surface area contributed by atoms with Crippen molar-refractivity contribution in [1.29, 1.82) is 0 Å². The van der Waals surface area contributed by atoms with Crippen LogP contribution in [0.15, 0.2) is 73.3 Å². The number of fused-ring (bicyclic) bond motifs is 1. The van der Waals surface area contributed by atoms with Gasteiger partial charge in [-0.25, -0.2) is 9.50 Å². The second-order valence-electron chi connectivity index (χ2n) is 7.54. The maximum atomic E-state index is 13.1. The van der Waals surface area contributed by atoms with Gasteiger partial charge in [0, 0.05) is 25.1 Å². The maximum Gasteiger partial charge on any atom is 0.387 e. The van der Waals surface area contributed by atoms with Gasteiger partial charge < -0.3 is 20.5 Å². The van der Waals surface area contributed by atoms with E-state index in [1.165, 1.54) is 35.1 Å². The fourth-order valence-corrected chi connectivity index (χ4v) is 3.60. The smallest absolute Gasteiger partial charge is 0.387 e. The third-order valence-corrected chi connectivity index (χ3v) is 5.20. The second kappa shape index (κ2) is 9.80. The summed E-state index contributed by atoms with van der Waals surface area (Å²) in [5.41, 5.74) is 7.72. The van der Waals surface area contributed by atoms with E-state index in [9.17, 15) is 13.6 Å². The van der Waals surface area contributed by atoms with Gasteiger partial charge in [-0.1, -0.05) is 12.1 Å². The van der Waals surface area contributed by atoms with Gasteiger partial charge in [-0.15, -0.1) is 0 Å².